The van der Waals surface area contributed by atoms with Crippen LogP contribution in [0.15, 0.2) is 0 Å². The molecule has 4 heteroatoms. The van der Waals surface area contributed by atoms with E-state index < -0.39 is 5.92 Å². The molecule has 2 aliphatic rings. The fourth-order valence-corrected chi connectivity index (χ4v) is 2.73. The van der Waals surface area contributed by atoms with Crippen molar-refractivity contribution in [1.82, 2.24) is 10.2 Å². The van der Waals surface area contributed by atoms with E-state index in [1.807, 2.05) is 0 Å². The van der Waals surface area contributed by atoms with E-state index in [0.29, 0.717) is 18.9 Å². The number of hydrogen-bond donors (Lipinski definition) is 1. The predicted molar refractivity (Wildman–Crippen MR) is 60.8 cm³/mol. The van der Waals surface area contributed by atoms with Gasteiger partial charge in [0.05, 0.1) is 0 Å². The first kappa shape index (κ1) is 12.2. The molecule has 0 radical (unpaired) electrons. The number of nitrogens with zero attached hydrogens (tertiary/aromatic N) is 1. The molecule has 94 valence electrons. The van der Waals surface area contributed by atoms with Crippen molar-refractivity contribution < 1.29 is 8.78 Å². The SMILES string of the molecule is FC1(F)CCCN(CC2CCNCC2)CC1. The number of nitrogens with one attached hydrogen (secondary N) is 1. The van der Waals surface area contributed by atoms with Crippen LogP contribution in [0.2, 0.25) is 0 Å². The lowest BCUT2D eigenvalue weighted by molar-refractivity contribution is -0.0134. The van der Waals surface area contributed by atoms with Crippen LogP contribution in [0, 0.1) is 5.92 Å². The summed E-state index contributed by atoms with van der Waals surface area (Å²) >= 11 is 0. The standard InChI is InChI=1S/C12H22F2N2/c13-12(14)4-1-8-16(9-5-12)10-11-2-6-15-7-3-11/h11,15H,1-10H2. The van der Waals surface area contributed by atoms with Gasteiger partial charge in [0.1, 0.15) is 0 Å². The molecule has 0 unspecified atom stereocenters. The van der Waals surface area contributed by atoms with Crippen LogP contribution in [0.1, 0.15) is 32.1 Å². The number of rotatable bonds is 2. The summed E-state index contributed by atoms with van der Waals surface area (Å²) in [5.74, 6) is -1.70. The minimum absolute atomic E-state index is 0.0535. The molecule has 0 aromatic rings. The van der Waals surface area contributed by atoms with Crippen LogP contribution < -0.4 is 5.32 Å². The van der Waals surface area contributed by atoms with Crippen LogP contribution in [0.3, 0.4) is 0 Å². The molecule has 0 aromatic heterocycles. The minimum atomic E-state index is -2.41. The molecule has 2 nitrogen and oxygen atoms in total. The van der Waals surface area contributed by atoms with E-state index in [-0.39, 0.29) is 12.8 Å². The normalized spacial score (nSPS) is 28.9. The highest BCUT2D eigenvalue weighted by Gasteiger charge is 2.32. The first-order chi connectivity index (χ1) is 7.66. The molecule has 16 heavy (non-hydrogen) atoms. The smallest absolute Gasteiger partial charge is 0.249 e. The molecule has 2 saturated heterocycles. The second-order valence-electron chi connectivity index (χ2n) is 5.20. The monoisotopic (exact) mass is 232 g/mol. The van der Waals surface area contributed by atoms with Gasteiger partial charge in [-0.05, 0) is 44.8 Å². The Labute approximate surface area is 96.4 Å². The van der Waals surface area contributed by atoms with Crippen LogP contribution >= 0.6 is 0 Å². The number of alkyl halides is 2. The third-order valence-corrected chi connectivity index (χ3v) is 3.79. The third kappa shape index (κ3) is 3.67. The summed E-state index contributed by atoms with van der Waals surface area (Å²) in [6.07, 6.45) is 3.19. The molecule has 1 N–H and O–H groups in total. The van der Waals surface area contributed by atoms with Gasteiger partial charge in [-0.3, -0.25) is 0 Å². The zero-order valence-corrected chi connectivity index (χ0v) is 9.85. The molecular weight excluding hydrogens is 210 g/mol. The molecule has 2 fully saturated rings. The summed E-state index contributed by atoms with van der Waals surface area (Å²) in [4.78, 5) is 2.25. The maximum atomic E-state index is 13.2. The van der Waals surface area contributed by atoms with E-state index in [1.165, 1.54) is 12.8 Å². The van der Waals surface area contributed by atoms with Crippen LogP contribution in [0.5, 0.6) is 0 Å². The Morgan fingerprint density at radius 2 is 1.88 bits per heavy atom. The summed E-state index contributed by atoms with van der Waals surface area (Å²) in [5, 5.41) is 3.34. The lowest BCUT2D eigenvalue weighted by Crippen LogP contribution is -2.36. The first-order valence-electron chi connectivity index (χ1n) is 6.47. The highest BCUT2D eigenvalue weighted by Crippen LogP contribution is 2.28. The van der Waals surface area contributed by atoms with Gasteiger partial charge in [0.2, 0.25) is 5.92 Å². The Balaban J connectivity index is 1.76. The Hall–Kier alpha value is -0.220. The molecule has 0 aliphatic carbocycles. The van der Waals surface area contributed by atoms with E-state index in [0.717, 1.165) is 26.2 Å². The quantitative estimate of drug-likeness (QED) is 0.784. The Bertz CT molecular complexity index is 215. The summed E-state index contributed by atoms with van der Waals surface area (Å²) < 4.78 is 26.4. The van der Waals surface area contributed by atoms with Crippen LogP contribution in [-0.2, 0) is 0 Å². The van der Waals surface area contributed by atoms with Gasteiger partial charge in [-0.15, -0.1) is 0 Å². The van der Waals surface area contributed by atoms with Crippen molar-refractivity contribution in [3.05, 3.63) is 0 Å². The molecule has 2 heterocycles. The summed E-state index contributed by atoms with van der Waals surface area (Å²) in [5.41, 5.74) is 0. The van der Waals surface area contributed by atoms with Crippen molar-refractivity contribution in [2.24, 2.45) is 5.92 Å². The van der Waals surface area contributed by atoms with Gasteiger partial charge in [-0.25, -0.2) is 8.78 Å². The van der Waals surface area contributed by atoms with E-state index in [2.05, 4.69) is 10.2 Å². The van der Waals surface area contributed by atoms with Gasteiger partial charge in [0.15, 0.2) is 0 Å². The summed E-state index contributed by atoms with van der Waals surface area (Å²) in [7, 11) is 0. The zero-order chi connectivity index (χ0) is 11.4. The molecule has 2 aliphatic heterocycles. The highest BCUT2D eigenvalue weighted by molar-refractivity contribution is 4.78. The van der Waals surface area contributed by atoms with Crippen molar-refractivity contribution in [1.29, 1.82) is 0 Å². The van der Waals surface area contributed by atoms with Gasteiger partial charge in [0.25, 0.3) is 0 Å². The first-order valence-corrected chi connectivity index (χ1v) is 6.47. The maximum Gasteiger partial charge on any atom is 0.249 e. The molecule has 0 aromatic carbocycles. The van der Waals surface area contributed by atoms with E-state index in [4.69, 9.17) is 0 Å². The lowest BCUT2D eigenvalue weighted by atomic mass is 9.97. The number of likely N-dealkylation sites (tertiary alicyclic amines) is 1. The second-order valence-corrected chi connectivity index (χ2v) is 5.20. The molecule has 0 amide bonds. The molecule has 0 saturated carbocycles. The fourth-order valence-electron chi connectivity index (χ4n) is 2.73. The fraction of sp³-hybridized carbons (Fsp3) is 1.00. The Kier molecular flexibility index (Phi) is 4.14. The van der Waals surface area contributed by atoms with Crippen molar-refractivity contribution in [2.45, 2.75) is 38.0 Å². The third-order valence-electron chi connectivity index (χ3n) is 3.79. The highest BCUT2D eigenvalue weighted by atomic mass is 19.3. The zero-order valence-electron chi connectivity index (χ0n) is 9.85. The Morgan fingerprint density at radius 1 is 1.12 bits per heavy atom. The van der Waals surface area contributed by atoms with Gasteiger partial charge in [-0.2, -0.15) is 0 Å². The maximum absolute atomic E-state index is 13.2. The largest absolute Gasteiger partial charge is 0.317 e. The average Bonchev–Trinajstić information content (AvgIpc) is 2.42. The van der Waals surface area contributed by atoms with Crippen molar-refractivity contribution in [3.63, 3.8) is 0 Å². The van der Waals surface area contributed by atoms with E-state index in [9.17, 15) is 8.78 Å². The average molecular weight is 232 g/mol. The lowest BCUT2D eigenvalue weighted by Gasteiger charge is -2.29. The summed E-state index contributed by atoms with van der Waals surface area (Å²) in [6, 6.07) is 0. The molecular formula is C12H22F2N2. The molecule has 0 spiro atoms. The minimum Gasteiger partial charge on any atom is -0.317 e. The number of hydrogen-bond acceptors (Lipinski definition) is 2. The van der Waals surface area contributed by atoms with Crippen molar-refractivity contribution in [2.75, 3.05) is 32.7 Å². The van der Waals surface area contributed by atoms with Gasteiger partial charge in [0, 0.05) is 25.9 Å². The van der Waals surface area contributed by atoms with Crippen LogP contribution in [0.4, 0.5) is 8.78 Å². The predicted octanol–water partition coefficient (Wildman–Crippen LogP) is 2.11. The van der Waals surface area contributed by atoms with Crippen LogP contribution in [0.25, 0.3) is 0 Å². The number of halogens is 2. The topological polar surface area (TPSA) is 15.3 Å². The Morgan fingerprint density at radius 3 is 2.62 bits per heavy atom. The second kappa shape index (κ2) is 5.41. The number of piperidine rings is 1. The van der Waals surface area contributed by atoms with Gasteiger partial charge < -0.3 is 10.2 Å². The van der Waals surface area contributed by atoms with Crippen molar-refractivity contribution in [3.8, 4) is 0 Å². The van der Waals surface area contributed by atoms with E-state index >= 15 is 0 Å². The van der Waals surface area contributed by atoms with E-state index in [1.54, 1.807) is 0 Å². The molecule has 0 atom stereocenters. The van der Waals surface area contributed by atoms with Gasteiger partial charge in [-0.1, -0.05) is 0 Å². The van der Waals surface area contributed by atoms with Gasteiger partial charge >= 0.3 is 0 Å². The van der Waals surface area contributed by atoms with Crippen molar-refractivity contribution >= 4 is 0 Å². The molecule has 2 rings (SSSR count). The molecule has 0 bridgehead atoms. The summed E-state index contributed by atoms with van der Waals surface area (Å²) in [6.45, 7) is 4.65. The van der Waals surface area contributed by atoms with Crippen LogP contribution in [-0.4, -0.2) is 43.5 Å².